The third-order valence-corrected chi connectivity index (χ3v) is 4.57. The van der Waals surface area contributed by atoms with Gasteiger partial charge in [0, 0.05) is 12.6 Å². The molecule has 1 amide bonds. The summed E-state index contributed by atoms with van der Waals surface area (Å²) in [4.78, 5) is 14.3. The fourth-order valence-corrected chi connectivity index (χ4v) is 3.42. The van der Waals surface area contributed by atoms with E-state index in [2.05, 4.69) is 24.4 Å². The molecule has 0 bridgehead atoms. The van der Waals surface area contributed by atoms with Gasteiger partial charge in [0.25, 0.3) is 5.91 Å². The zero-order valence-corrected chi connectivity index (χ0v) is 13.6. The number of nitrogens with zero attached hydrogens (tertiary/aromatic N) is 1. The predicted molar refractivity (Wildman–Crippen MR) is 88.5 cm³/mol. The molecular formula is C18H26N2O2. The summed E-state index contributed by atoms with van der Waals surface area (Å²) in [6.45, 7) is 5.80. The van der Waals surface area contributed by atoms with Gasteiger partial charge in [0.05, 0.1) is 5.69 Å². The second kappa shape index (κ2) is 6.69. The molecule has 0 saturated carbocycles. The minimum Gasteiger partial charge on any atom is -0.479 e. The number of carbonyl (C=O) groups excluding carboxylic acids is 1. The number of fused-ring (bicyclic) bond motifs is 1. The second-order valence-corrected chi connectivity index (χ2v) is 6.40. The van der Waals surface area contributed by atoms with Gasteiger partial charge in [0.15, 0.2) is 6.10 Å². The van der Waals surface area contributed by atoms with Crippen LogP contribution >= 0.6 is 0 Å². The first-order valence-corrected chi connectivity index (χ1v) is 8.53. The minimum atomic E-state index is -0.384. The Bertz CT molecular complexity index is 538. The lowest BCUT2D eigenvalue weighted by atomic mass is 9.97. The van der Waals surface area contributed by atoms with Crippen LogP contribution < -0.4 is 15.0 Å². The Morgan fingerprint density at radius 3 is 2.95 bits per heavy atom. The van der Waals surface area contributed by atoms with Crippen molar-refractivity contribution in [3.05, 3.63) is 23.8 Å². The van der Waals surface area contributed by atoms with Gasteiger partial charge in [0.1, 0.15) is 5.75 Å². The van der Waals surface area contributed by atoms with E-state index in [0.29, 0.717) is 6.04 Å². The highest BCUT2D eigenvalue weighted by Crippen LogP contribution is 2.35. The fourth-order valence-electron chi connectivity index (χ4n) is 3.42. The normalized spacial score (nSPS) is 24.8. The maximum atomic E-state index is 12.4. The predicted octanol–water partition coefficient (Wildman–Crippen LogP) is 2.90. The van der Waals surface area contributed by atoms with Crippen molar-refractivity contribution in [3.8, 4) is 5.75 Å². The maximum absolute atomic E-state index is 12.4. The Morgan fingerprint density at radius 2 is 2.23 bits per heavy atom. The first kappa shape index (κ1) is 15.3. The van der Waals surface area contributed by atoms with Gasteiger partial charge in [-0.05, 0) is 56.8 Å². The summed E-state index contributed by atoms with van der Waals surface area (Å²) in [5.74, 6) is 0.906. The molecule has 4 heteroatoms. The van der Waals surface area contributed by atoms with Gasteiger partial charge in [-0.15, -0.1) is 0 Å². The topological polar surface area (TPSA) is 41.6 Å². The van der Waals surface area contributed by atoms with Crippen LogP contribution in [0.3, 0.4) is 0 Å². The van der Waals surface area contributed by atoms with Crippen molar-refractivity contribution in [1.82, 2.24) is 5.32 Å². The monoisotopic (exact) mass is 302 g/mol. The highest BCUT2D eigenvalue weighted by molar-refractivity contribution is 5.99. The van der Waals surface area contributed by atoms with E-state index in [1.54, 1.807) is 0 Å². The summed E-state index contributed by atoms with van der Waals surface area (Å²) in [5.41, 5.74) is 2.23. The van der Waals surface area contributed by atoms with Gasteiger partial charge >= 0.3 is 0 Å². The third kappa shape index (κ3) is 3.12. The molecule has 1 aromatic rings. The van der Waals surface area contributed by atoms with Crippen LogP contribution in [0.5, 0.6) is 5.75 Å². The number of carbonyl (C=O) groups is 1. The number of nitrogens with one attached hydrogen (secondary N) is 1. The average molecular weight is 302 g/mol. The van der Waals surface area contributed by atoms with Crippen molar-refractivity contribution in [3.63, 3.8) is 0 Å². The lowest BCUT2D eigenvalue weighted by Gasteiger charge is -2.33. The van der Waals surface area contributed by atoms with Gasteiger partial charge in [0.2, 0.25) is 0 Å². The van der Waals surface area contributed by atoms with Crippen molar-refractivity contribution in [2.45, 2.75) is 58.1 Å². The summed E-state index contributed by atoms with van der Waals surface area (Å²) in [7, 11) is 0. The van der Waals surface area contributed by atoms with Crippen LogP contribution in [-0.2, 0) is 11.2 Å². The van der Waals surface area contributed by atoms with E-state index in [-0.39, 0.29) is 12.0 Å². The number of anilines is 1. The van der Waals surface area contributed by atoms with Crippen LogP contribution in [0.25, 0.3) is 0 Å². The van der Waals surface area contributed by atoms with Crippen LogP contribution in [0.2, 0.25) is 0 Å². The molecule has 22 heavy (non-hydrogen) atoms. The molecule has 1 aromatic carbocycles. The Hall–Kier alpha value is -1.55. The summed E-state index contributed by atoms with van der Waals surface area (Å²) < 4.78 is 5.76. The number of hydrogen-bond donors (Lipinski definition) is 1. The molecule has 2 aliphatic heterocycles. The molecule has 4 nitrogen and oxygen atoms in total. The van der Waals surface area contributed by atoms with Gasteiger partial charge < -0.3 is 15.0 Å². The molecular weight excluding hydrogens is 276 g/mol. The minimum absolute atomic E-state index is 0.0716. The quantitative estimate of drug-likeness (QED) is 0.930. The molecule has 2 aliphatic rings. The molecule has 1 saturated heterocycles. The molecule has 1 N–H and O–H groups in total. The second-order valence-electron chi connectivity index (χ2n) is 6.40. The first-order valence-electron chi connectivity index (χ1n) is 8.53. The highest BCUT2D eigenvalue weighted by atomic mass is 16.5. The Kier molecular flexibility index (Phi) is 4.67. The van der Waals surface area contributed by atoms with Crippen molar-refractivity contribution in [2.24, 2.45) is 0 Å². The van der Waals surface area contributed by atoms with E-state index < -0.39 is 0 Å². The number of piperidine rings is 1. The average Bonchev–Trinajstić information content (AvgIpc) is 2.53. The van der Waals surface area contributed by atoms with E-state index in [9.17, 15) is 4.79 Å². The Balaban J connectivity index is 1.82. The summed E-state index contributed by atoms with van der Waals surface area (Å²) >= 11 is 0. The summed E-state index contributed by atoms with van der Waals surface area (Å²) in [6.07, 6.45) is 5.42. The standard InChI is InChI=1S/C18H26N2O2/c1-3-10-20-16-12-14(11-15-6-4-5-9-19-15)7-8-17(16)22-13(2)18(20)21/h7-8,12-13,15,19H,3-6,9-11H2,1-2H3. The number of amides is 1. The summed E-state index contributed by atoms with van der Waals surface area (Å²) in [6, 6.07) is 6.87. The molecule has 0 aliphatic carbocycles. The molecule has 0 spiro atoms. The highest BCUT2D eigenvalue weighted by Gasteiger charge is 2.31. The van der Waals surface area contributed by atoms with Gasteiger partial charge in [-0.3, -0.25) is 4.79 Å². The van der Waals surface area contributed by atoms with E-state index in [1.165, 1.54) is 24.8 Å². The molecule has 2 heterocycles. The molecule has 1 fully saturated rings. The van der Waals surface area contributed by atoms with Gasteiger partial charge in [-0.1, -0.05) is 19.4 Å². The number of benzene rings is 1. The van der Waals surface area contributed by atoms with Crippen LogP contribution in [0.1, 0.15) is 45.1 Å². The fraction of sp³-hybridized carbons (Fsp3) is 0.611. The first-order chi connectivity index (χ1) is 10.7. The number of ether oxygens (including phenoxy) is 1. The van der Waals surface area contributed by atoms with Crippen molar-refractivity contribution in [1.29, 1.82) is 0 Å². The zero-order valence-electron chi connectivity index (χ0n) is 13.6. The lowest BCUT2D eigenvalue weighted by molar-refractivity contribution is -0.125. The molecule has 2 unspecified atom stereocenters. The van der Waals surface area contributed by atoms with E-state index in [1.807, 2.05) is 17.9 Å². The number of hydrogen-bond acceptors (Lipinski definition) is 3. The SMILES string of the molecule is CCCN1C(=O)C(C)Oc2ccc(CC3CCCCN3)cc21. The third-order valence-electron chi connectivity index (χ3n) is 4.57. The van der Waals surface area contributed by atoms with Crippen molar-refractivity contribution in [2.75, 3.05) is 18.0 Å². The molecule has 3 rings (SSSR count). The van der Waals surface area contributed by atoms with Crippen LogP contribution in [0.15, 0.2) is 18.2 Å². The molecule has 0 radical (unpaired) electrons. The largest absolute Gasteiger partial charge is 0.479 e. The molecule has 120 valence electrons. The maximum Gasteiger partial charge on any atom is 0.267 e. The van der Waals surface area contributed by atoms with Crippen LogP contribution in [0, 0.1) is 0 Å². The van der Waals surface area contributed by atoms with Crippen molar-refractivity contribution >= 4 is 11.6 Å². The van der Waals surface area contributed by atoms with Gasteiger partial charge in [-0.2, -0.15) is 0 Å². The zero-order chi connectivity index (χ0) is 15.5. The Morgan fingerprint density at radius 1 is 1.36 bits per heavy atom. The van der Waals surface area contributed by atoms with Gasteiger partial charge in [-0.25, -0.2) is 0 Å². The summed E-state index contributed by atoms with van der Waals surface area (Å²) in [5, 5.41) is 3.59. The van der Waals surface area contributed by atoms with E-state index >= 15 is 0 Å². The van der Waals surface area contributed by atoms with Crippen molar-refractivity contribution < 1.29 is 9.53 Å². The lowest BCUT2D eigenvalue weighted by Crippen LogP contribution is -2.44. The Labute approximate surface area is 132 Å². The van der Waals surface area contributed by atoms with E-state index in [4.69, 9.17) is 4.74 Å². The van der Waals surface area contributed by atoms with Crippen LogP contribution in [0.4, 0.5) is 5.69 Å². The van der Waals surface area contributed by atoms with E-state index in [0.717, 1.165) is 37.4 Å². The molecule has 0 aromatic heterocycles. The van der Waals surface area contributed by atoms with Crippen LogP contribution in [-0.4, -0.2) is 31.1 Å². The number of rotatable bonds is 4. The smallest absolute Gasteiger partial charge is 0.267 e. The molecule has 2 atom stereocenters.